The van der Waals surface area contributed by atoms with E-state index in [9.17, 15) is 14.4 Å². The van der Waals surface area contributed by atoms with Crippen molar-refractivity contribution in [3.8, 4) is 22.4 Å². The second-order valence-corrected chi connectivity index (χ2v) is 14.8. The first-order valence-corrected chi connectivity index (χ1v) is 18.6. The van der Waals surface area contributed by atoms with Gasteiger partial charge in [-0.1, -0.05) is 51.1 Å². The molecular formula is C41H49N7O5. The summed E-state index contributed by atoms with van der Waals surface area (Å²) < 4.78 is 10.2. The van der Waals surface area contributed by atoms with Gasteiger partial charge in [-0.2, -0.15) is 0 Å². The Kier molecular flexibility index (Phi) is 10.2. The van der Waals surface area contributed by atoms with Crippen molar-refractivity contribution in [2.75, 3.05) is 27.3 Å². The molecule has 5 aromatic rings. The number of aromatic nitrogens is 4. The summed E-state index contributed by atoms with van der Waals surface area (Å²) in [5.74, 6) is 1.22. The van der Waals surface area contributed by atoms with Gasteiger partial charge in [-0.15, -0.1) is 0 Å². The number of aromatic amines is 2. The number of benzene rings is 3. The number of nitrogens with one attached hydrogen (secondary N) is 3. The summed E-state index contributed by atoms with van der Waals surface area (Å²) in [5, 5.41) is 4.92. The highest BCUT2D eigenvalue weighted by molar-refractivity contribution is 5.92. The van der Waals surface area contributed by atoms with E-state index in [4.69, 9.17) is 19.4 Å². The normalized spacial score (nSPS) is 19.2. The average Bonchev–Trinajstić information content (AvgIpc) is 4.01. The van der Waals surface area contributed by atoms with E-state index < -0.39 is 12.1 Å². The number of carbonyl (C=O) groups excluding carboxylic acids is 3. The predicted octanol–water partition coefficient (Wildman–Crippen LogP) is 7.15. The average molecular weight is 720 g/mol. The van der Waals surface area contributed by atoms with Crippen LogP contribution >= 0.6 is 0 Å². The zero-order chi connectivity index (χ0) is 37.4. The van der Waals surface area contributed by atoms with Crippen LogP contribution in [0.1, 0.15) is 77.1 Å². The van der Waals surface area contributed by atoms with Crippen LogP contribution in [0.15, 0.2) is 60.8 Å². The van der Waals surface area contributed by atoms with Crippen molar-refractivity contribution in [3.05, 3.63) is 72.4 Å². The van der Waals surface area contributed by atoms with Crippen LogP contribution < -0.4 is 5.32 Å². The number of amides is 3. The fourth-order valence-corrected chi connectivity index (χ4v) is 7.79. The number of rotatable bonds is 10. The minimum Gasteiger partial charge on any atom is -0.453 e. The standard InChI is InChI=1S/C41H49N7O5/c1-23(2)36(46-41(51)53-6)40(50)48-18-7-9-34(48)37-42-22-33(45-37)30-14-13-26-19-27(11-12-28(26)20-30)29-15-16-31-32(21-29)44-38(43-31)35-10-8-17-47(35)39(49)24(3)25(4)52-5/h11-16,19-25,34-36H,7-10,17-18H2,1-6H3,(H,42,45)(H,43,44)(H,46,51)/t24-,25+,34-,35-,36-/m0/s1. The number of hydrogen-bond donors (Lipinski definition) is 3. The lowest BCUT2D eigenvalue weighted by atomic mass is 9.99. The van der Waals surface area contributed by atoms with Crippen molar-refractivity contribution in [3.63, 3.8) is 0 Å². The number of ether oxygens (including phenoxy) is 2. The van der Waals surface area contributed by atoms with E-state index in [1.807, 2.05) is 49.8 Å². The number of nitrogens with zero attached hydrogens (tertiary/aromatic N) is 4. The van der Waals surface area contributed by atoms with E-state index in [0.29, 0.717) is 6.54 Å². The number of imidazole rings is 2. The quantitative estimate of drug-likeness (QED) is 0.139. The Morgan fingerprint density at radius 3 is 2.09 bits per heavy atom. The van der Waals surface area contributed by atoms with Crippen LogP contribution in [0.3, 0.4) is 0 Å². The molecule has 2 aliphatic heterocycles. The van der Waals surface area contributed by atoms with Crippen molar-refractivity contribution < 1.29 is 23.9 Å². The molecule has 0 radical (unpaired) electrons. The Hall–Kier alpha value is -5.23. The third kappa shape index (κ3) is 7.12. The van der Waals surface area contributed by atoms with Gasteiger partial charge in [0.25, 0.3) is 0 Å². The van der Waals surface area contributed by atoms with Crippen LogP contribution in [0.2, 0.25) is 0 Å². The molecule has 278 valence electrons. The Bertz CT molecular complexity index is 2140. The van der Waals surface area contributed by atoms with Gasteiger partial charge in [0.15, 0.2) is 0 Å². The van der Waals surface area contributed by atoms with Gasteiger partial charge in [-0.25, -0.2) is 14.8 Å². The summed E-state index contributed by atoms with van der Waals surface area (Å²) in [7, 11) is 2.94. The number of carbonyl (C=O) groups is 3. The second-order valence-electron chi connectivity index (χ2n) is 14.8. The smallest absolute Gasteiger partial charge is 0.407 e. The Morgan fingerprint density at radius 1 is 0.792 bits per heavy atom. The van der Waals surface area contributed by atoms with Crippen molar-refractivity contribution >= 4 is 39.7 Å². The summed E-state index contributed by atoms with van der Waals surface area (Å²) >= 11 is 0. The number of hydrogen-bond acceptors (Lipinski definition) is 7. The van der Waals surface area contributed by atoms with Gasteiger partial charge in [0.05, 0.1) is 54.1 Å². The molecule has 0 unspecified atom stereocenters. The third-order valence-corrected chi connectivity index (χ3v) is 11.1. The van der Waals surface area contributed by atoms with Gasteiger partial charge in [0, 0.05) is 25.8 Å². The van der Waals surface area contributed by atoms with Crippen LogP contribution in [-0.4, -0.2) is 87.1 Å². The first-order chi connectivity index (χ1) is 25.6. The van der Waals surface area contributed by atoms with Gasteiger partial charge < -0.3 is 34.6 Å². The van der Waals surface area contributed by atoms with E-state index in [1.165, 1.54) is 7.11 Å². The van der Waals surface area contributed by atoms with Crippen molar-refractivity contribution in [2.45, 2.75) is 77.6 Å². The van der Waals surface area contributed by atoms with E-state index in [2.05, 4.69) is 63.8 Å². The maximum absolute atomic E-state index is 13.6. The molecule has 0 aliphatic carbocycles. The largest absolute Gasteiger partial charge is 0.453 e. The molecule has 12 nitrogen and oxygen atoms in total. The molecule has 4 heterocycles. The zero-order valence-corrected chi connectivity index (χ0v) is 31.3. The first kappa shape index (κ1) is 36.1. The van der Waals surface area contributed by atoms with E-state index >= 15 is 0 Å². The van der Waals surface area contributed by atoms with Crippen LogP contribution in [0.5, 0.6) is 0 Å². The summed E-state index contributed by atoms with van der Waals surface area (Å²) in [6.45, 7) is 9.02. The number of methoxy groups -OCH3 is 2. The van der Waals surface area contributed by atoms with Crippen LogP contribution in [0.25, 0.3) is 44.2 Å². The monoisotopic (exact) mass is 719 g/mol. The molecule has 53 heavy (non-hydrogen) atoms. The number of fused-ring (bicyclic) bond motifs is 2. The molecule has 0 bridgehead atoms. The SMILES string of the molecule is COC(=O)N[C@H](C(=O)N1CCC[C@H]1c1ncc(-c2ccc3cc(-c4ccc5nc([C@@H]6CCCN6C(=O)[C@@H](C)[C@@H](C)OC)[nH]c5c4)ccc3c2)[nH]1)C(C)C. The summed E-state index contributed by atoms with van der Waals surface area (Å²) in [6, 6.07) is 18.1. The van der Waals surface area contributed by atoms with Crippen molar-refractivity contribution in [1.82, 2.24) is 35.1 Å². The van der Waals surface area contributed by atoms with Gasteiger partial charge >= 0.3 is 6.09 Å². The summed E-state index contributed by atoms with van der Waals surface area (Å²) in [6.07, 6.45) is 4.54. The van der Waals surface area contributed by atoms with Crippen molar-refractivity contribution in [2.24, 2.45) is 11.8 Å². The Balaban J connectivity index is 1.08. The molecule has 0 spiro atoms. The molecule has 2 saturated heterocycles. The second kappa shape index (κ2) is 15.0. The van der Waals surface area contributed by atoms with E-state index in [0.717, 1.165) is 88.1 Å². The minimum atomic E-state index is -0.680. The fourth-order valence-electron chi connectivity index (χ4n) is 7.79. The number of H-pyrrole nitrogens is 2. The van der Waals surface area contributed by atoms with Gasteiger partial charge in [-0.3, -0.25) is 9.59 Å². The highest BCUT2D eigenvalue weighted by Gasteiger charge is 2.38. The van der Waals surface area contributed by atoms with E-state index in [-0.39, 0.29) is 41.8 Å². The summed E-state index contributed by atoms with van der Waals surface area (Å²) in [4.78, 5) is 59.3. The van der Waals surface area contributed by atoms with Gasteiger partial charge in [0.2, 0.25) is 11.8 Å². The lowest BCUT2D eigenvalue weighted by molar-refractivity contribution is -0.140. The fraction of sp³-hybridized carbons (Fsp3) is 0.439. The molecular weight excluding hydrogens is 670 g/mol. The van der Waals surface area contributed by atoms with Gasteiger partial charge in [0.1, 0.15) is 17.7 Å². The lowest BCUT2D eigenvalue weighted by Gasteiger charge is -2.30. The number of alkyl carbamates (subject to hydrolysis) is 1. The predicted molar refractivity (Wildman–Crippen MR) is 204 cm³/mol. The zero-order valence-electron chi connectivity index (χ0n) is 31.3. The topological polar surface area (TPSA) is 146 Å². The van der Waals surface area contributed by atoms with Gasteiger partial charge in [-0.05, 0) is 84.7 Å². The third-order valence-electron chi connectivity index (χ3n) is 11.1. The highest BCUT2D eigenvalue weighted by atomic mass is 16.5. The van der Waals surface area contributed by atoms with E-state index in [1.54, 1.807) is 7.11 Å². The van der Waals surface area contributed by atoms with Crippen molar-refractivity contribution in [1.29, 1.82) is 0 Å². The molecule has 0 saturated carbocycles. The first-order valence-electron chi connectivity index (χ1n) is 18.6. The summed E-state index contributed by atoms with van der Waals surface area (Å²) in [5.41, 5.74) is 5.89. The minimum absolute atomic E-state index is 0.0715. The molecule has 2 fully saturated rings. The molecule has 2 aromatic heterocycles. The van der Waals surface area contributed by atoms with Crippen LogP contribution in [0, 0.1) is 11.8 Å². The molecule has 5 atom stereocenters. The Labute approximate surface area is 309 Å². The maximum Gasteiger partial charge on any atom is 0.407 e. The molecule has 2 aliphatic rings. The van der Waals surface area contributed by atoms with Crippen LogP contribution in [-0.2, 0) is 19.1 Å². The lowest BCUT2D eigenvalue weighted by Crippen LogP contribution is -2.51. The Morgan fingerprint density at radius 2 is 1.42 bits per heavy atom. The maximum atomic E-state index is 13.6. The highest BCUT2D eigenvalue weighted by Crippen LogP contribution is 2.36. The molecule has 3 amide bonds. The van der Waals surface area contributed by atoms with Crippen LogP contribution in [0.4, 0.5) is 4.79 Å². The molecule has 3 N–H and O–H groups in total. The molecule has 7 rings (SSSR count). The number of likely N-dealkylation sites (tertiary alicyclic amines) is 2. The molecule has 12 heteroatoms. The molecule has 3 aromatic carbocycles.